The summed E-state index contributed by atoms with van der Waals surface area (Å²) < 4.78 is 5.49. The molecule has 2 aromatic carbocycles. The van der Waals surface area contributed by atoms with Gasteiger partial charge in [-0.05, 0) is 23.6 Å². The van der Waals surface area contributed by atoms with Crippen LogP contribution < -0.4 is 9.64 Å². The van der Waals surface area contributed by atoms with Gasteiger partial charge in [0.25, 0.3) is 0 Å². The summed E-state index contributed by atoms with van der Waals surface area (Å²) in [4.78, 5) is 5.01. The molecule has 0 amide bonds. The van der Waals surface area contributed by atoms with Crippen molar-refractivity contribution in [3.05, 3.63) is 60.2 Å². The molecule has 0 bridgehead atoms. The van der Waals surface area contributed by atoms with Crippen LogP contribution in [0.5, 0.6) is 5.75 Å². The van der Waals surface area contributed by atoms with E-state index in [0.29, 0.717) is 5.92 Å². The minimum absolute atomic E-state index is 0.578. The molecule has 1 heterocycles. The van der Waals surface area contributed by atoms with Crippen molar-refractivity contribution in [3.8, 4) is 5.75 Å². The Bertz CT molecular complexity index is 606. The summed E-state index contributed by atoms with van der Waals surface area (Å²) in [6, 6.07) is 19.1. The minimum Gasteiger partial charge on any atom is -0.495 e. The van der Waals surface area contributed by atoms with Crippen LogP contribution in [-0.4, -0.2) is 44.7 Å². The summed E-state index contributed by atoms with van der Waals surface area (Å²) >= 11 is 0. The molecule has 0 saturated carbocycles. The monoisotopic (exact) mass is 310 g/mol. The Morgan fingerprint density at radius 1 is 0.913 bits per heavy atom. The zero-order chi connectivity index (χ0) is 16.1. The molecule has 1 aliphatic rings. The Kier molecular flexibility index (Phi) is 5.19. The van der Waals surface area contributed by atoms with Gasteiger partial charge in [0.1, 0.15) is 5.75 Å². The van der Waals surface area contributed by atoms with E-state index >= 15 is 0 Å². The standard InChI is InChI=1S/C20H26N2O/c1-17(18-8-4-3-5-9-18)16-21-12-14-22(15-13-21)19-10-6-7-11-20(19)23-2/h3-11,17H,12-16H2,1-2H3. The normalized spacial score (nSPS) is 17.0. The molecule has 1 aliphatic heterocycles. The third-order valence-electron chi connectivity index (χ3n) is 4.70. The van der Waals surface area contributed by atoms with Crippen molar-refractivity contribution >= 4 is 5.69 Å². The molecule has 0 radical (unpaired) electrons. The van der Waals surface area contributed by atoms with Gasteiger partial charge in [-0.2, -0.15) is 0 Å². The fourth-order valence-corrected chi connectivity index (χ4v) is 3.34. The highest BCUT2D eigenvalue weighted by Gasteiger charge is 2.20. The minimum atomic E-state index is 0.578. The van der Waals surface area contributed by atoms with Gasteiger partial charge in [0.05, 0.1) is 12.8 Å². The van der Waals surface area contributed by atoms with E-state index in [-0.39, 0.29) is 0 Å². The van der Waals surface area contributed by atoms with E-state index in [1.54, 1.807) is 7.11 Å². The summed E-state index contributed by atoms with van der Waals surface area (Å²) in [7, 11) is 1.75. The number of nitrogens with zero attached hydrogens (tertiary/aromatic N) is 2. The van der Waals surface area contributed by atoms with Crippen LogP contribution in [0.4, 0.5) is 5.69 Å². The first-order valence-electron chi connectivity index (χ1n) is 8.43. The molecule has 3 nitrogen and oxygen atoms in total. The predicted octanol–water partition coefficient (Wildman–Crippen LogP) is 3.62. The average molecular weight is 310 g/mol. The molecule has 0 N–H and O–H groups in total. The van der Waals surface area contributed by atoms with Crippen LogP contribution in [0.2, 0.25) is 0 Å². The van der Waals surface area contributed by atoms with Gasteiger partial charge in [-0.3, -0.25) is 4.90 Å². The van der Waals surface area contributed by atoms with Crippen LogP contribution in [0.1, 0.15) is 18.4 Å². The first-order chi connectivity index (χ1) is 11.3. The topological polar surface area (TPSA) is 15.7 Å². The number of rotatable bonds is 5. The van der Waals surface area contributed by atoms with E-state index in [0.717, 1.165) is 38.5 Å². The van der Waals surface area contributed by atoms with Crippen LogP contribution in [0, 0.1) is 0 Å². The van der Waals surface area contributed by atoms with Crippen molar-refractivity contribution in [3.63, 3.8) is 0 Å². The van der Waals surface area contributed by atoms with Gasteiger partial charge in [-0.1, -0.05) is 49.4 Å². The summed E-state index contributed by atoms with van der Waals surface area (Å²) in [6.07, 6.45) is 0. The molecule has 122 valence electrons. The lowest BCUT2D eigenvalue weighted by atomic mass is 10.0. The van der Waals surface area contributed by atoms with Gasteiger partial charge in [0.15, 0.2) is 0 Å². The first-order valence-corrected chi connectivity index (χ1v) is 8.43. The lowest BCUT2D eigenvalue weighted by molar-refractivity contribution is 0.245. The molecule has 1 fully saturated rings. The average Bonchev–Trinajstić information content (AvgIpc) is 2.63. The number of benzene rings is 2. The van der Waals surface area contributed by atoms with Crippen molar-refractivity contribution < 1.29 is 4.74 Å². The third kappa shape index (κ3) is 3.85. The Hall–Kier alpha value is -2.00. The van der Waals surface area contributed by atoms with E-state index in [2.05, 4.69) is 59.2 Å². The van der Waals surface area contributed by atoms with Gasteiger partial charge in [-0.25, -0.2) is 0 Å². The highest BCUT2D eigenvalue weighted by atomic mass is 16.5. The van der Waals surface area contributed by atoms with Gasteiger partial charge in [0, 0.05) is 32.7 Å². The lowest BCUT2D eigenvalue weighted by Crippen LogP contribution is -2.47. The highest BCUT2D eigenvalue weighted by Crippen LogP contribution is 2.28. The number of piperazine rings is 1. The largest absolute Gasteiger partial charge is 0.495 e. The quantitative estimate of drug-likeness (QED) is 0.839. The van der Waals surface area contributed by atoms with Crippen molar-refractivity contribution in [2.24, 2.45) is 0 Å². The smallest absolute Gasteiger partial charge is 0.142 e. The molecule has 23 heavy (non-hydrogen) atoms. The molecule has 1 saturated heterocycles. The van der Waals surface area contributed by atoms with Crippen LogP contribution in [0.15, 0.2) is 54.6 Å². The van der Waals surface area contributed by atoms with E-state index in [1.165, 1.54) is 11.3 Å². The highest BCUT2D eigenvalue weighted by molar-refractivity contribution is 5.58. The fraction of sp³-hybridized carbons (Fsp3) is 0.400. The van der Waals surface area contributed by atoms with Crippen molar-refractivity contribution in [2.75, 3.05) is 44.7 Å². The second-order valence-electron chi connectivity index (χ2n) is 6.27. The van der Waals surface area contributed by atoms with Crippen molar-refractivity contribution in [1.82, 2.24) is 4.90 Å². The molecule has 3 rings (SSSR count). The lowest BCUT2D eigenvalue weighted by Gasteiger charge is -2.37. The second kappa shape index (κ2) is 7.51. The molecule has 0 aromatic heterocycles. The van der Waals surface area contributed by atoms with Crippen LogP contribution >= 0.6 is 0 Å². The zero-order valence-electron chi connectivity index (χ0n) is 14.1. The molecule has 3 heteroatoms. The predicted molar refractivity (Wildman–Crippen MR) is 96.5 cm³/mol. The molecule has 0 spiro atoms. The van der Waals surface area contributed by atoms with E-state index in [4.69, 9.17) is 4.74 Å². The van der Waals surface area contributed by atoms with Gasteiger partial charge in [-0.15, -0.1) is 0 Å². The first kappa shape index (κ1) is 15.9. The van der Waals surface area contributed by atoms with E-state index < -0.39 is 0 Å². The number of ether oxygens (including phenoxy) is 1. The Morgan fingerprint density at radius 2 is 1.57 bits per heavy atom. The maximum Gasteiger partial charge on any atom is 0.142 e. The zero-order valence-corrected chi connectivity index (χ0v) is 14.1. The summed E-state index contributed by atoms with van der Waals surface area (Å²) in [6.45, 7) is 7.78. The molecule has 0 aliphatic carbocycles. The Morgan fingerprint density at radius 3 is 2.26 bits per heavy atom. The number of para-hydroxylation sites is 2. The van der Waals surface area contributed by atoms with Crippen LogP contribution in [0.3, 0.4) is 0 Å². The summed E-state index contributed by atoms with van der Waals surface area (Å²) in [5.41, 5.74) is 2.64. The van der Waals surface area contributed by atoms with Crippen LogP contribution in [-0.2, 0) is 0 Å². The summed E-state index contributed by atoms with van der Waals surface area (Å²) in [5, 5.41) is 0. The van der Waals surface area contributed by atoms with E-state index in [9.17, 15) is 0 Å². The maximum atomic E-state index is 5.49. The van der Waals surface area contributed by atoms with Gasteiger partial charge < -0.3 is 9.64 Å². The van der Waals surface area contributed by atoms with Gasteiger partial charge in [0.2, 0.25) is 0 Å². The van der Waals surface area contributed by atoms with E-state index in [1.807, 2.05) is 12.1 Å². The number of hydrogen-bond acceptors (Lipinski definition) is 3. The fourth-order valence-electron chi connectivity index (χ4n) is 3.34. The Labute approximate surface area is 139 Å². The Balaban J connectivity index is 1.56. The van der Waals surface area contributed by atoms with Crippen molar-refractivity contribution in [2.45, 2.75) is 12.8 Å². The number of hydrogen-bond donors (Lipinski definition) is 0. The van der Waals surface area contributed by atoms with Crippen LogP contribution in [0.25, 0.3) is 0 Å². The number of anilines is 1. The number of methoxy groups -OCH3 is 1. The summed E-state index contributed by atoms with van der Waals surface area (Å²) in [5.74, 6) is 1.55. The molecule has 2 aromatic rings. The second-order valence-corrected chi connectivity index (χ2v) is 6.27. The molecule has 1 atom stereocenters. The maximum absolute atomic E-state index is 5.49. The third-order valence-corrected chi connectivity index (χ3v) is 4.70. The van der Waals surface area contributed by atoms with Gasteiger partial charge >= 0.3 is 0 Å². The molecular weight excluding hydrogens is 284 g/mol. The molecular formula is C20H26N2O. The van der Waals surface area contributed by atoms with Crippen molar-refractivity contribution in [1.29, 1.82) is 0 Å². The SMILES string of the molecule is COc1ccccc1N1CCN(CC(C)c2ccccc2)CC1. The molecule has 1 unspecified atom stereocenters.